The zero-order valence-electron chi connectivity index (χ0n) is 8.84. The number of nitrogens with zero attached hydrogens (tertiary/aromatic N) is 2. The summed E-state index contributed by atoms with van der Waals surface area (Å²) in [6.45, 7) is 0. The molecular formula is C11H6Cl2N2O3. The van der Waals surface area contributed by atoms with Gasteiger partial charge in [-0.15, -0.1) is 0 Å². The van der Waals surface area contributed by atoms with Crippen molar-refractivity contribution >= 4 is 28.9 Å². The van der Waals surface area contributed by atoms with Crippen molar-refractivity contribution in [2.45, 2.75) is 0 Å². The van der Waals surface area contributed by atoms with Gasteiger partial charge in [0, 0.05) is 17.3 Å². The molecule has 0 saturated heterocycles. The second-order valence-corrected chi connectivity index (χ2v) is 4.11. The zero-order valence-corrected chi connectivity index (χ0v) is 10.4. The summed E-state index contributed by atoms with van der Waals surface area (Å²) in [4.78, 5) is 14.0. The number of nitro groups is 1. The van der Waals surface area contributed by atoms with Crippen LogP contribution < -0.4 is 4.74 Å². The van der Waals surface area contributed by atoms with Crippen molar-refractivity contribution in [2.24, 2.45) is 0 Å². The topological polar surface area (TPSA) is 65.3 Å². The Kier molecular flexibility index (Phi) is 3.64. The Bertz CT molecular complexity index is 605. The fourth-order valence-electron chi connectivity index (χ4n) is 1.26. The SMILES string of the molecule is O=[N+]([O-])c1cccnc1Oc1ccc(Cl)cc1Cl. The minimum absolute atomic E-state index is 0.119. The fraction of sp³-hybridized carbons (Fsp3) is 0. The van der Waals surface area contributed by atoms with Gasteiger partial charge < -0.3 is 4.74 Å². The quantitative estimate of drug-likeness (QED) is 0.629. The van der Waals surface area contributed by atoms with Crippen LogP contribution in [0.15, 0.2) is 36.5 Å². The number of benzene rings is 1. The van der Waals surface area contributed by atoms with E-state index in [4.69, 9.17) is 27.9 Å². The average molecular weight is 285 g/mol. The molecule has 1 aromatic carbocycles. The number of pyridine rings is 1. The van der Waals surface area contributed by atoms with Crippen LogP contribution >= 0.6 is 23.2 Å². The maximum atomic E-state index is 10.8. The maximum Gasteiger partial charge on any atom is 0.331 e. The number of ether oxygens (including phenoxy) is 1. The van der Waals surface area contributed by atoms with Crippen LogP contribution in [0.4, 0.5) is 5.69 Å². The highest BCUT2D eigenvalue weighted by molar-refractivity contribution is 6.35. The van der Waals surface area contributed by atoms with Gasteiger partial charge in [0.2, 0.25) is 0 Å². The number of hydrogen-bond acceptors (Lipinski definition) is 4. The van der Waals surface area contributed by atoms with Crippen molar-refractivity contribution in [3.8, 4) is 11.6 Å². The summed E-state index contributed by atoms with van der Waals surface area (Å²) in [5.41, 5.74) is -0.233. The van der Waals surface area contributed by atoms with Gasteiger partial charge in [0.15, 0.2) is 0 Å². The van der Waals surface area contributed by atoms with E-state index in [1.165, 1.54) is 30.5 Å². The van der Waals surface area contributed by atoms with Gasteiger partial charge in [0.1, 0.15) is 5.75 Å². The fourth-order valence-corrected chi connectivity index (χ4v) is 1.71. The minimum Gasteiger partial charge on any atom is -0.432 e. The summed E-state index contributed by atoms with van der Waals surface area (Å²) in [5.74, 6) is 0.134. The summed E-state index contributed by atoms with van der Waals surface area (Å²) >= 11 is 11.6. The molecule has 0 unspecified atom stereocenters. The highest BCUT2D eigenvalue weighted by Crippen LogP contribution is 2.34. The van der Waals surface area contributed by atoms with E-state index in [-0.39, 0.29) is 22.3 Å². The normalized spacial score (nSPS) is 10.1. The van der Waals surface area contributed by atoms with Crippen molar-refractivity contribution in [2.75, 3.05) is 0 Å². The van der Waals surface area contributed by atoms with Gasteiger partial charge in [-0.25, -0.2) is 4.98 Å². The van der Waals surface area contributed by atoms with Crippen molar-refractivity contribution in [3.05, 3.63) is 56.7 Å². The molecule has 0 fully saturated rings. The van der Waals surface area contributed by atoms with E-state index >= 15 is 0 Å². The molecule has 0 spiro atoms. The summed E-state index contributed by atoms with van der Waals surface area (Å²) in [7, 11) is 0. The van der Waals surface area contributed by atoms with E-state index < -0.39 is 4.92 Å². The monoisotopic (exact) mass is 284 g/mol. The first kappa shape index (κ1) is 12.6. The van der Waals surface area contributed by atoms with E-state index in [1.807, 2.05) is 0 Å². The lowest BCUT2D eigenvalue weighted by Gasteiger charge is -2.06. The molecule has 2 rings (SSSR count). The Labute approximate surface area is 112 Å². The number of rotatable bonds is 3. The van der Waals surface area contributed by atoms with Crippen LogP contribution in [-0.4, -0.2) is 9.91 Å². The minimum atomic E-state index is -0.577. The van der Waals surface area contributed by atoms with Crippen LogP contribution in [0.25, 0.3) is 0 Å². The molecule has 2 aromatic rings. The zero-order chi connectivity index (χ0) is 13.1. The Hall–Kier alpha value is -1.85. The van der Waals surface area contributed by atoms with Crippen LogP contribution in [0.3, 0.4) is 0 Å². The smallest absolute Gasteiger partial charge is 0.331 e. The molecule has 0 bridgehead atoms. The molecule has 0 aliphatic rings. The second kappa shape index (κ2) is 5.20. The Morgan fingerprint density at radius 1 is 1.28 bits per heavy atom. The number of halogens is 2. The molecule has 7 heteroatoms. The van der Waals surface area contributed by atoms with E-state index in [9.17, 15) is 10.1 Å². The summed E-state index contributed by atoms with van der Waals surface area (Å²) in [6, 6.07) is 7.31. The van der Waals surface area contributed by atoms with Gasteiger partial charge in [0.05, 0.1) is 9.95 Å². The van der Waals surface area contributed by atoms with Crippen molar-refractivity contribution in [3.63, 3.8) is 0 Å². The third-order valence-corrected chi connectivity index (χ3v) is 2.58. The predicted molar refractivity (Wildman–Crippen MR) is 67.4 cm³/mol. The molecule has 18 heavy (non-hydrogen) atoms. The molecule has 0 atom stereocenters. The van der Waals surface area contributed by atoms with Crippen molar-refractivity contribution in [1.29, 1.82) is 0 Å². The van der Waals surface area contributed by atoms with Gasteiger partial charge in [0.25, 0.3) is 5.88 Å². The second-order valence-electron chi connectivity index (χ2n) is 3.26. The van der Waals surface area contributed by atoms with E-state index in [0.29, 0.717) is 5.02 Å². The van der Waals surface area contributed by atoms with Crippen molar-refractivity contribution < 1.29 is 9.66 Å². The first-order valence-corrected chi connectivity index (χ1v) is 5.56. The van der Waals surface area contributed by atoms with Crippen LogP contribution in [0, 0.1) is 10.1 Å². The third-order valence-electron chi connectivity index (χ3n) is 2.05. The molecule has 0 N–H and O–H groups in total. The Morgan fingerprint density at radius 2 is 2.06 bits per heavy atom. The predicted octanol–water partition coefficient (Wildman–Crippen LogP) is 4.09. The largest absolute Gasteiger partial charge is 0.432 e. The van der Waals surface area contributed by atoms with Gasteiger partial charge in [-0.2, -0.15) is 0 Å². The van der Waals surface area contributed by atoms with Crippen LogP contribution in [-0.2, 0) is 0 Å². The van der Waals surface area contributed by atoms with Crippen LogP contribution in [0.2, 0.25) is 10.0 Å². The molecular weight excluding hydrogens is 279 g/mol. The number of hydrogen-bond donors (Lipinski definition) is 0. The maximum absolute atomic E-state index is 10.8. The van der Waals surface area contributed by atoms with E-state index in [0.717, 1.165) is 0 Å². The molecule has 0 radical (unpaired) electrons. The van der Waals surface area contributed by atoms with Crippen LogP contribution in [0.1, 0.15) is 0 Å². The van der Waals surface area contributed by atoms with Gasteiger partial charge in [-0.05, 0) is 24.3 Å². The summed E-state index contributed by atoms with van der Waals surface area (Å²) in [5, 5.41) is 11.5. The molecule has 0 aliphatic carbocycles. The van der Waals surface area contributed by atoms with E-state index in [2.05, 4.69) is 4.98 Å². The Morgan fingerprint density at radius 3 is 2.72 bits per heavy atom. The lowest BCUT2D eigenvalue weighted by Crippen LogP contribution is -1.95. The lowest BCUT2D eigenvalue weighted by molar-refractivity contribution is -0.386. The first-order valence-electron chi connectivity index (χ1n) is 4.80. The van der Waals surface area contributed by atoms with Gasteiger partial charge in [-0.1, -0.05) is 23.2 Å². The number of aromatic nitrogens is 1. The Balaban J connectivity index is 2.37. The van der Waals surface area contributed by atoms with Gasteiger partial charge >= 0.3 is 5.69 Å². The molecule has 5 nitrogen and oxygen atoms in total. The standard InChI is InChI=1S/C11H6Cl2N2O3/c12-7-3-4-10(8(13)6-7)18-11-9(15(16)17)2-1-5-14-11/h1-6H. The molecule has 0 saturated carbocycles. The van der Waals surface area contributed by atoms with Crippen LogP contribution in [0.5, 0.6) is 11.6 Å². The molecule has 1 aromatic heterocycles. The highest BCUT2D eigenvalue weighted by Gasteiger charge is 2.17. The van der Waals surface area contributed by atoms with E-state index in [1.54, 1.807) is 6.07 Å². The molecule has 0 amide bonds. The molecule has 1 heterocycles. The summed E-state index contributed by atoms with van der Waals surface area (Å²) in [6.07, 6.45) is 1.39. The lowest BCUT2D eigenvalue weighted by atomic mass is 10.3. The summed E-state index contributed by atoms with van der Waals surface area (Å²) < 4.78 is 5.31. The third kappa shape index (κ3) is 2.69. The average Bonchev–Trinajstić information content (AvgIpc) is 2.33. The highest BCUT2D eigenvalue weighted by atomic mass is 35.5. The molecule has 92 valence electrons. The van der Waals surface area contributed by atoms with Crippen molar-refractivity contribution in [1.82, 2.24) is 4.98 Å². The van der Waals surface area contributed by atoms with Gasteiger partial charge in [-0.3, -0.25) is 10.1 Å². The first-order chi connectivity index (χ1) is 8.58. The molecule has 0 aliphatic heterocycles.